The highest BCUT2D eigenvalue weighted by atomic mass is 16.3. The Balaban J connectivity index is 1.01. The maximum atomic E-state index is 6.48. The van der Waals surface area contributed by atoms with Crippen molar-refractivity contribution in [3.63, 3.8) is 0 Å². The molecule has 0 spiro atoms. The number of rotatable bonds is 7. The molecule has 5 nitrogen and oxygen atoms in total. The Hall–Kier alpha value is -8.02. The third-order valence-corrected chi connectivity index (χ3v) is 11.0. The minimum Gasteiger partial charge on any atom is -0.435 e. The van der Waals surface area contributed by atoms with Gasteiger partial charge in [0.15, 0.2) is 23.1 Å². The average molecular weight is 755 g/mol. The Bertz CT molecular complexity index is 3300. The van der Waals surface area contributed by atoms with Crippen LogP contribution in [0.15, 0.2) is 211 Å². The van der Waals surface area contributed by atoms with E-state index in [0.29, 0.717) is 23.4 Å². The molecule has 2 aromatic heterocycles. The molecule has 0 saturated heterocycles. The Morgan fingerprint density at radius 2 is 0.814 bits per heavy atom. The van der Waals surface area contributed by atoms with Gasteiger partial charge in [0.1, 0.15) is 5.52 Å². The van der Waals surface area contributed by atoms with E-state index in [0.717, 1.165) is 71.9 Å². The molecule has 276 valence electrons. The Morgan fingerprint density at radius 1 is 0.305 bits per heavy atom. The Kier molecular flexibility index (Phi) is 8.41. The van der Waals surface area contributed by atoms with Gasteiger partial charge in [-0.3, -0.25) is 0 Å². The van der Waals surface area contributed by atoms with Gasteiger partial charge in [0.2, 0.25) is 5.89 Å². The third-order valence-electron chi connectivity index (χ3n) is 11.0. The van der Waals surface area contributed by atoms with Crippen LogP contribution in [0.3, 0.4) is 0 Å². The first-order valence-electron chi connectivity index (χ1n) is 19.7. The van der Waals surface area contributed by atoms with Gasteiger partial charge in [-0.05, 0) is 73.8 Å². The summed E-state index contributed by atoms with van der Waals surface area (Å²) in [6, 6.07) is 71.2. The lowest BCUT2D eigenvalue weighted by Crippen LogP contribution is -2.00. The zero-order chi connectivity index (χ0) is 39.1. The van der Waals surface area contributed by atoms with Gasteiger partial charge in [0, 0.05) is 27.6 Å². The van der Waals surface area contributed by atoms with Gasteiger partial charge in [0.25, 0.3) is 0 Å². The maximum absolute atomic E-state index is 6.48. The largest absolute Gasteiger partial charge is 0.435 e. The van der Waals surface area contributed by atoms with Crippen molar-refractivity contribution in [3.05, 3.63) is 206 Å². The minimum atomic E-state index is 0.600. The molecular formula is C54H34N4O. The highest BCUT2D eigenvalue weighted by molar-refractivity contribution is 6.11. The highest BCUT2D eigenvalue weighted by Gasteiger charge is 2.17. The molecule has 0 aliphatic heterocycles. The molecule has 2 heterocycles. The zero-order valence-corrected chi connectivity index (χ0v) is 31.8. The summed E-state index contributed by atoms with van der Waals surface area (Å²) in [5.74, 6) is 2.43. The summed E-state index contributed by atoms with van der Waals surface area (Å²) >= 11 is 0. The summed E-state index contributed by atoms with van der Waals surface area (Å²) in [7, 11) is 0. The van der Waals surface area contributed by atoms with Crippen LogP contribution in [0, 0.1) is 0 Å². The number of nitrogens with zero attached hydrogens (tertiary/aromatic N) is 4. The fraction of sp³-hybridized carbons (Fsp3) is 0. The van der Waals surface area contributed by atoms with Crippen LogP contribution >= 0.6 is 0 Å². The van der Waals surface area contributed by atoms with Crippen molar-refractivity contribution in [2.45, 2.75) is 0 Å². The minimum absolute atomic E-state index is 0.600. The van der Waals surface area contributed by atoms with E-state index in [1.54, 1.807) is 0 Å². The van der Waals surface area contributed by atoms with Crippen molar-refractivity contribution in [3.8, 4) is 79.0 Å². The normalized spacial score (nSPS) is 11.4. The molecule has 0 atom stereocenters. The lowest BCUT2D eigenvalue weighted by Gasteiger charge is -2.12. The van der Waals surface area contributed by atoms with Gasteiger partial charge in [-0.15, -0.1) is 0 Å². The smallest absolute Gasteiger partial charge is 0.227 e. The van der Waals surface area contributed by atoms with Gasteiger partial charge >= 0.3 is 0 Å². The van der Waals surface area contributed by atoms with E-state index in [2.05, 4.69) is 164 Å². The second-order valence-electron chi connectivity index (χ2n) is 14.6. The molecule has 0 fully saturated rings. The monoisotopic (exact) mass is 754 g/mol. The molecular weight excluding hydrogens is 721 g/mol. The van der Waals surface area contributed by atoms with Crippen molar-refractivity contribution >= 4 is 32.6 Å². The molecule has 0 N–H and O–H groups in total. The quantitative estimate of drug-likeness (QED) is 0.162. The van der Waals surface area contributed by atoms with E-state index in [4.69, 9.17) is 24.4 Å². The Labute approximate surface area is 341 Å². The van der Waals surface area contributed by atoms with Crippen LogP contribution in [0.5, 0.6) is 0 Å². The number of hydrogen-bond acceptors (Lipinski definition) is 5. The molecule has 0 aliphatic carbocycles. The molecule has 5 heteroatoms. The first-order chi connectivity index (χ1) is 29.2. The fourth-order valence-electron chi connectivity index (χ4n) is 8.01. The van der Waals surface area contributed by atoms with Crippen LogP contribution in [0.4, 0.5) is 0 Å². The molecule has 59 heavy (non-hydrogen) atoms. The number of oxazole rings is 1. The SMILES string of the molecule is c1ccc(-c2cccc(-c3nc(-c4ccc(-c5cccc6ccccc56)cc4)nc(-c4ccc(-c5cccc6ccc7nc(-c8ccccc8)oc7c56)cc4)n3)c2)cc1. The standard InChI is InChI=1S/C54H34N4O/c1-3-12-35(13-4-1)43-19-9-20-44(34-43)53-57-51(40-28-24-37(25-29-40)46-22-10-17-36-14-7-8-21-45(36)46)56-52(58-53)41-30-26-38(27-31-41)47-23-11-18-39-32-33-48-50(49(39)47)59-54(55-48)42-15-5-2-6-16-42/h1-34H. The van der Waals surface area contributed by atoms with Crippen molar-refractivity contribution < 1.29 is 4.42 Å². The zero-order valence-electron chi connectivity index (χ0n) is 31.8. The highest BCUT2D eigenvalue weighted by Crippen LogP contribution is 2.38. The van der Waals surface area contributed by atoms with E-state index < -0.39 is 0 Å². The van der Waals surface area contributed by atoms with E-state index in [1.807, 2.05) is 42.5 Å². The summed E-state index contributed by atoms with van der Waals surface area (Å²) in [4.78, 5) is 20.2. The molecule has 0 bridgehead atoms. The van der Waals surface area contributed by atoms with Crippen molar-refractivity contribution in [2.75, 3.05) is 0 Å². The van der Waals surface area contributed by atoms with E-state index in [-0.39, 0.29) is 0 Å². The van der Waals surface area contributed by atoms with E-state index in [9.17, 15) is 0 Å². The van der Waals surface area contributed by atoms with Crippen molar-refractivity contribution in [1.82, 2.24) is 19.9 Å². The molecule has 0 unspecified atom stereocenters. The molecule has 9 aromatic carbocycles. The van der Waals surface area contributed by atoms with E-state index >= 15 is 0 Å². The third kappa shape index (κ3) is 6.41. The number of hydrogen-bond donors (Lipinski definition) is 0. The van der Waals surface area contributed by atoms with Gasteiger partial charge in [-0.25, -0.2) is 19.9 Å². The summed E-state index contributed by atoms with van der Waals surface area (Å²) in [6.07, 6.45) is 0. The number of fused-ring (bicyclic) bond motifs is 4. The second kappa shape index (κ2) is 14.5. The Morgan fingerprint density at radius 3 is 1.53 bits per heavy atom. The van der Waals surface area contributed by atoms with Crippen LogP contribution in [-0.4, -0.2) is 19.9 Å². The number of aromatic nitrogens is 4. The van der Waals surface area contributed by atoms with Crippen molar-refractivity contribution in [2.24, 2.45) is 0 Å². The van der Waals surface area contributed by atoms with Crippen LogP contribution in [0.2, 0.25) is 0 Å². The van der Waals surface area contributed by atoms with Crippen molar-refractivity contribution in [1.29, 1.82) is 0 Å². The van der Waals surface area contributed by atoms with Gasteiger partial charge in [-0.1, -0.05) is 182 Å². The predicted octanol–water partition coefficient (Wildman–Crippen LogP) is 14.0. The lowest BCUT2D eigenvalue weighted by atomic mass is 9.96. The van der Waals surface area contributed by atoms with E-state index in [1.165, 1.54) is 16.3 Å². The van der Waals surface area contributed by atoms with Crippen LogP contribution in [0.1, 0.15) is 0 Å². The molecule has 11 aromatic rings. The van der Waals surface area contributed by atoms with Gasteiger partial charge < -0.3 is 4.42 Å². The number of benzene rings is 9. The molecule has 0 aliphatic rings. The summed E-state index contributed by atoms with van der Waals surface area (Å²) < 4.78 is 6.48. The summed E-state index contributed by atoms with van der Waals surface area (Å²) in [6.45, 7) is 0. The average Bonchev–Trinajstić information content (AvgIpc) is 3.77. The topological polar surface area (TPSA) is 64.7 Å². The second-order valence-corrected chi connectivity index (χ2v) is 14.6. The fourth-order valence-corrected chi connectivity index (χ4v) is 8.01. The van der Waals surface area contributed by atoms with Crippen LogP contribution < -0.4 is 0 Å². The van der Waals surface area contributed by atoms with Gasteiger partial charge in [0.05, 0.1) is 0 Å². The summed E-state index contributed by atoms with van der Waals surface area (Å²) in [5, 5.41) is 4.56. The van der Waals surface area contributed by atoms with Gasteiger partial charge in [-0.2, -0.15) is 0 Å². The van der Waals surface area contributed by atoms with Crippen LogP contribution in [-0.2, 0) is 0 Å². The first-order valence-corrected chi connectivity index (χ1v) is 19.7. The summed E-state index contributed by atoms with van der Waals surface area (Å²) in [5.41, 5.74) is 12.0. The first kappa shape index (κ1) is 34.2. The van der Waals surface area contributed by atoms with Crippen LogP contribution in [0.25, 0.3) is 112 Å². The predicted molar refractivity (Wildman–Crippen MR) is 240 cm³/mol. The molecule has 0 radical (unpaired) electrons. The maximum Gasteiger partial charge on any atom is 0.227 e. The molecule has 11 rings (SSSR count). The molecule has 0 saturated carbocycles. The molecule has 0 amide bonds. The lowest BCUT2D eigenvalue weighted by molar-refractivity contribution is 0.623.